The maximum atomic E-state index is 5.89. The third-order valence-electron chi connectivity index (χ3n) is 2.85. The summed E-state index contributed by atoms with van der Waals surface area (Å²) < 4.78 is 0. The summed E-state index contributed by atoms with van der Waals surface area (Å²) in [4.78, 5) is 16.6. The fourth-order valence-corrected chi connectivity index (χ4v) is 2.09. The van der Waals surface area contributed by atoms with E-state index in [4.69, 9.17) is 11.6 Å². The van der Waals surface area contributed by atoms with Crippen molar-refractivity contribution in [3.05, 3.63) is 53.6 Å². The van der Waals surface area contributed by atoms with Gasteiger partial charge in [-0.05, 0) is 23.6 Å². The minimum atomic E-state index is 0.167. The number of fused-ring (bicyclic) bond motifs is 1. The molecule has 1 aromatic carbocycles. The van der Waals surface area contributed by atoms with Crippen LogP contribution in [0.2, 0.25) is 5.28 Å². The Hall–Kier alpha value is -2.27. The lowest BCUT2D eigenvalue weighted by molar-refractivity contribution is 1.00. The summed E-state index contributed by atoms with van der Waals surface area (Å²) in [5.41, 5.74) is 2.38. The Morgan fingerprint density at radius 1 is 1.00 bits per heavy atom. The number of nitrogens with one attached hydrogen (secondary N) is 1. The Morgan fingerprint density at radius 3 is 2.65 bits per heavy atom. The molecule has 0 bridgehead atoms. The Morgan fingerprint density at radius 2 is 1.80 bits per heavy atom. The maximum absolute atomic E-state index is 5.89. The van der Waals surface area contributed by atoms with Crippen LogP contribution < -0.4 is 5.32 Å². The van der Waals surface area contributed by atoms with Crippen molar-refractivity contribution in [1.29, 1.82) is 0 Å². The fourth-order valence-electron chi connectivity index (χ4n) is 1.93. The quantitative estimate of drug-likeness (QED) is 0.747. The number of hydrogen-bond donors (Lipinski definition) is 1. The molecule has 0 saturated carbocycles. The average molecular weight is 286 g/mol. The standard InChI is InChI=1S/C14H12ClN5/c15-14-19-12(11-13(20-14)18-9-8-16-11)17-7-6-10-4-2-1-3-5-10/h1-5,8-9H,6-7H2,(H,17,18,19,20). The van der Waals surface area contributed by atoms with Gasteiger partial charge >= 0.3 is 0 Å². The molecule has 5 nitrogen and oxygen atoms in total. The molecule has 20 heavy (non-hydrogen) atoms. The molecule has 0 spiro atoms. The third-order valence-corrected chi connectivity index (χ3v) is 3.02. The van der Waals surface area contributed by atoms with E-state index in [2.05, 4.69) is 37.4 Å². The van der Waals surface area contributed by atoms with E-state index in [1.807, 2.05) is 18.2 Å². The maximum Gasteiger partial charge on any atom is 0.226 e. The molecule has 0 amide bonds. The van der Waals surface area contributed by atoms with Crippen LogP contribution in [-0.4, -0.2) is 26.5 Å². The molecule has 0 aliphatic heterocycles. The van der Waals surface area contributed by atoms with Gasteiger partial charge in [0, 0.05) is 18.9 Å². The van der Waals surface area contributed by atoms with Crippen molar-refractivity contribution < 1.29 is 0 Å². The van der Waals surface area contributed by atoms with Crippen molar-refractivity contribution in [3.63, 3.8) is 0 Å². The van der Waals surface area contributed by atoms with Crippen LogP contribution in [0.3, 0.4) is 0 Å². The van der Waals surface area contributed by atoms with Crippen molar-refractivity contribution >= 4 is 28.6 Å². The van der Waals surface area contributed by atoms with Gasteiger partial charge in [0.2, 0.25) is 5.28 Å². The predicted octanol–water partition coefficient (Wildman–Crippen LogP) is 2.73. The zero-order valence-corrected chi connectivity index (χ0v) is 11.4. The molecule has 0 radical (unpaired) electrons. The zero-order valence-electron chi connectivity index (χ0n) is 10.6. The van der Waals surface area contributed by atoms with Gasteiger partial charge in [0.25, 0.3) is 0 Å². The molecule has 0 saturated heterocycles. The smallest absolute Gasteiger partial charge is 0.226 e. The summed E-state index contributed by atoms with van der Waals surface area (Å²) >= 11 is 5.89. The van der Waals surface area contributed by atoms with Crippen LogP contribution in [0.25, 0.3) is 11.2 Å². The second kappa shape index (κ2) is 5.79. The predicted molar refractivity (Wildman–Crippen MR) is 78.8 cm³/mol. The van der Waals surface area contributed by atoms with Crippen LogP contribution >= 0.6 is 11.6 Å². The van der Waals surface area contributed by atoms with Crippen molar-refractivity contribution in [2.24, 2.45) is 0 Å². The molecule has 3 aromatic rings. The topological polar surface area (TPSA) is 63.6 Å². The molecule has 0 aliphatic carbocycles. The highest BCUT2D eigenvalue weighted by molar-refractivity contribution is 6.28. The summed E-state index contributed by atoms with van der Waals surface area (Å²) in [7, 11) is 0. The molecule has 6 heteroatoms. The number of hydrogen-bond acceptors (Lipinski definition) is 5. The highest BCUT2D eigenvalue weighted by atomic mass is 35.5. The van der Waals surface area contributed by atoms with Crippen molar-refractivity contribution in [3.8, 4) is 0 Å². The molecular formula is C14H12ClN5. The first-order valence-electron chi connectivity index (χ1n) is 6.25. The average Bonchev–Trinajstić information content (AvgIpc) is 2.48. The fraction of sp³-hybridized carbons (Fsp3) is 0.143. The highest BCUT2D eigenvalue weighted by Crippen LogP contribution is 2.17. The normalized spacial score (nSPS) is 10.7. The molecule has 0 aliphatic rings. The minimum absolute atomic E-state index is 0.167. The summed E-state index contributed by atoms with van der Waals surface area (Å²) in [5, 5.41) is 3.41. The van der Waals surface area contributed by atoms with Gasteiger partial charge in [-0.25, -0.2) is 9.97 Å². The summed E-state index contributed by atoms with van der Waals surface area (Å²) in [6.07, 6.45) is 4.09. The van der Waals surface area contributed by atoms with E-state index in [-0.39, 0.29) is 5.28 Å². The Balaban J connectivity index is 1.77. The molecule has 100 valence electrons. The van der Waals surface area contributed by atoms with E-state index < -0.39 is 0 Å². The minimum Gasteiger partial charge on any atom is -0.368 e. The van der Waals surface area contributed by atoms with Crippen LogP contribution in [0, 0.1) is 0 Å². The van der Waals surface area contributed by atoms with E-state index in [1.54, 1.807) is 12.4 Å². The molecule has 0 fully saturated rings. The number of anilines is 1. The molecule has 2 heterocycles. The van der Waals surface area contributed by atoms with Gasteiger partial charge in [-0.1, -0.05) is 30.3 Å². The van der Waals surface area contributed by atoms with Gasteiger partial charge in [0.05, 0.1) is 0 Å². The zero-order chi connectivity index (χ0) is 13.8. The van der Waals surface area contributed by atoms with Crippen LogP contribution in [-0.2, 0) is 6.42 Å². The Labute approximate surface area is 121 Å². The molecular weight excluding hydrogens is 274 g/mol. The van der Waals surface area contributed by atoms with E-state index in [0.717, 1.165) is 13.0 Å². The van der Waals surface area contributed by atoms with Gasteiger partial charge < -0.3 is 5.32 Å². The second-order valence-corrected chi connectivity index (χ2v) is 4.57. The number of benzene rings is 1. The van der Waals surface area contributed by atoms with Crippen LogP contribution in [0.4, 0.5) is 5.82 Å². The first-order valence-corrected chi connectivity index (χ1v) is 6.63. The first kappa shape index (κ1) is 12.7. The van der Waals surface area contributed by atoms with Gasteiger partial charge in [-0.3, -0.25) is 0 Å². The van der Waals surface area contributed by atoms with Crippen LogP contribution in [0.5, 0.6) is 0 Å². The van der Waals surface area contributed by atoms with Gasteiger partial charge in [-0.2, -0.15) is 9.97 Å². The lowest BCUT2D eigenvalue weighted by atomic mass is 10.1. The number of rotatable bonds is 4. The highest BCUT2D eigenvalue weighted by Gasteiger charge is 2.07. The number of aromatic nitrogens is 4. The molecule has 0 atom stereocenters. The summed E-state index contributed by atoms with van der Waals surface area (Å²) in [6, 6.07) is 10.2. The molecule has 3 rings (SSSR count). The van der Waals surface area contributed by atoms with Gasteiger partial charge in [0.1, 0.15) is 0 Å². The van der Waals surface area contributed by atoms with Gasteiger partial charge in [-0.15, -0.1) is 0 Å². The van der Waals surface area contributed by atoms with Crippen molar-refractivity contribution in [2.75, 3.05) is 11.9 Å². The van der Waals surface area contributed by atoms with E-state index in [0.29, 0.717) is 17.0 Å². The molecule has 1 N–H and O–H groups in total. The SMILES string of the molecule is Clc1nc(NCCc2ccccc2)c2nccnc2n1. The van der Waals surface area contributed by atoms with E-state index >= 15 is 0 Å². The van der Waals surface area contributed by atoms with Gasteiger partial charge in [0.15, 0.2) is 17.0 Å². The van der Waals surface area contributed by atoms with Crippen LogP contribution in [0.1, 0.15) is 5.56 Å². The lowest BCUT2D eigenvalue weighted by Gasteiger charge is -2.07. The third kappa shape index (κ3) is 2.83. The monoisotopic (exact) mass is 285 g/mol. The van der Waals surface area contributed by atoms with Crippen LogP contribution in [0.15, 0.2) is 42.7 Å². The lowest BCUT2D eigenvalue weighted by Crippen LogP contribution is -2.08. The van der Waals surface area contributed by atoms with Crippen molar-refractivity contribution in [1.82, 2.24) is 19.9 Å². The number of nitrogens with zero attached hydrogens (tertiary/aromatic N) is 4. The first-order chi connectivity index (χ1) is 9.83. The Kier molecular flexibility index (Phi) is 3.69. The summed E-state index contributed by atoms with van der Waals surface area (Å²) in [6.45, 7) is 0.739. The summed E-state index contributed by atoms with van der Waals surface area (Å²) in [5.74, 6) is 0.615. The molecule has 0 unspecified atom stereocenters. The number of halogens is 1. The van der Waals surface area contributed by atoms with Crippen molar-refractivity contribution in [2.45, 2.75) is 6.42 Å². The Bertz CT molecular complexity index is 717. The largest absolute Gasteiger partial charge is 0.368 e. The van der Waals surface area contributed by atoms with E-state index in [1.165, 1.54) is 5.56 Å². The second-order valence-electron chi connectivity index (χ2n) is 4.23. The molecule has 2 aromatic heterocycles. The van der Waals surface area contributed by atoms with E-state index in [9.17, 15) is 0 Å².